The molecule has 0 spiro atoms. The summed E-state index contributed by atoms with van der Waals surface area (Å²) in [5, 5.41) is 10.3. The second-order valence-electron chi connectivity index (χ2n) is 7.03. The van der Waals surface area contributed by atoms with Crippen LogP contribution in [0, 0.1) is 5.82 Å². The summed E-state index contributed by atoms with van der Waals surface area (Å²) in [5.41, 5.74) is 4.16. The van der Waals surface area contributed by atoms with Crippen molar-refractivity contribution >= 4 is 12.1 Å². The lowest BCUT2D eigenvalue weighted by Crippen LogP contribution is -2.61. The van der Waals surface area contributed by atoms with E-state index in [1.54, 1.807) is 43.7 Å². The van der Waals surface area contributed by atoms with Crippen LogP contribution in [0.5, 0.6) is 11.5 Å². The number of carbonyl (C=O) groups is 1. The quantitative estimate of drug-likeness (QED) is 0.434. The summed E-state index contributed by atoms with van der Waals surface area (Å²) in [7, 11) is 1.54. The minimum atomic E-state index is -0.413. The van der Waals surface area contributed by atoms with Gasteiger partial charge in [0.1, 0.15) is 12.4 Å². The summed E-state index contributed by atoms with van der Waals surface area (Å²) in [6.45, 7) is 2.19. The summed E-state index contributed by atoms with van der Waals surface area (Å²) < 4.78 is 24.9. The van der Waals surface area contributed by atoms with Crippen molar-refractivity contribution in [3.05, 3.63) is 59.4 Å². The fourth-order valence-corrected chi connectivity index (χ4v) is 3.22. The molecule has 1 heterocycles. The van der Waals surface area contributed by atoms with Gasteiger partial charge in [0.15, 0.2) is 17.8 Å². The molecule has 1 fully saturated rings. The van der Waals surface area contributed by atoms with E-state index in [4.69, 9.17) is 9.47 Å². The minimum absolute atomic E-state index is 0.00192. The maximum Gasteiger partial charge on any atom is 0.224 e. The molecule has 0 aliphatic carbocycles. The fourth-order valence-electron chi connectivity index (χ4n) is 3.22. The summed E-state index contributed by atoms with van der Waals surface area (Å²) in [6, 6.07) is 12.0. The van der Waals surface area contributed by atoms with Crippen LogP contribution in [0.25, 0.3) is 0 Å². The number of hydrazone groups is 1. The first-order valence-electron chi connectivity index (χ1n) is 9.97. The van der Waals surface area contributed by atoms with Gasteiger partial charge >= 0.3 is 0 Å². The van der Waals surface area contributed by atoms with Gasteiger partial charge in [-0.25, -0.2) is 4.39 Å². The van der Waals surface area contributed by atoms with Gasteiger partial charge in [0.2, 0.25) is 5.91 Å². The van der Waals surface area contributed by atoms with Gasteiger partial charge in [-0.15, -0.1) is 0 Å². The molecule has 160 valence electrons. The molecule has 3 N–H and O–H groups in total. The predicted molar refractivity (Wildman–Crippen MR) is 113 cm³/mol. The Morgan fingerprint density at radius 2 is 2.10 bits per heavy atom. The first-order valence-corrected chi connectivity index (χ1v) is 9.97. The van der Waals surface area contributed by atoms with E-state index in [9.17, 15) is 9.18 Å². The largest absolute Gasteiger partial charge is 0.493 e. The molecule has 0 saturated carbocycles. The Morgan fingerprint density at radius 1 is 1.27 bits per heavy atom. The van der Waals surface area contributed by atoms with Gasteiger partial charge in [-0.1, -0.05) is 31.5 Å². The van der Waals surface area contributed by atoms with E-state index in [2.05, 4.69) is 28.1 Å². The summed E-state index contributed by atoms with van der Waals surface area (Å²) in [6.07, 6.45) is 3.62. The summed E-state index contributed by atoms with van der Waals surface area (Å²) >= 11 is 0. The van der Waals surface area contributed by atoms with E-state index in [1.807, 2.05) is 6.07 Å². The molecule has 8 heteroatoms. The molecule has 30 heavy (non-hydrogen) atoms. The summed E-state index contributed by atoms with van der Waals surface area (Å²) in [4.78, 5) is 11.8. The predicted octanol–water partition coefficient (Wildman–Crippen LogP) is 2.90. The molecule has 2 aromatic carbocycles. The zero-order valence-electron chi connectivity index (χ0n) is 17.2. The van der Waals surface area contributed by atoms with Crippen molar-refractivity contribution in [1.82, 2.24) is 16.1 Å². The SMILES string of the molecule is CCCC1CC(=O)NC(N/N=C/c2ccc(OCc3ccccc3F)c(OC)c2)N1. The zero-order chi connectivity index (χ0) is 21.3. The molecule has 0 aromatic heterocycles. The number of halogens is 1. The van der Waals surface area contributed by atoms with Crippen LogP contribution in [0.3, 0.4) is 0 Å². The van der Waals surface area contributed by atoms with Crippen LogP contribution in [0.4, 0.5) is 4.39 Å². The van der Waals surface area contributed by atoms with E-state index < -0.39 is 6.29 Å². The van der Waals surface area contributed by atoms with Crippen molar-refractivity contribution in [1.29, 1.82) is 0 Å². The third kappa shape index (κ3) is 5.93. The smallest absolute Gasteiger partial charge is 0.224 e. The Morgan fingerprint density at radius 3 is 2.87 bits per heavy atom. The molecule has 0 bridgehead atoms. The average Bonchev–Trinajstić information content (AvgIpc) is 2.73. The number of rotatable bonds is 9. The third-order valence-electron chi connectivity index (χ3n) is 4.72. The number of methoxy groups -OCH3 is 1. The topological polar surface area (TPSA) is 84.0 Å². The molecule has 2 atom stereocenters. The van der Waals surface area contributed by atoms with E-state index in [0.29, 0.717) is 23.5 Å². The Labute approximate surface area is 175 Å². The Bertz CT molecular complexity index is 890. The van der Waals surface area contributed by atoms with Gasteiger partial charge in [-0.05, 0) is 36.2 Å². The highest BCUT2D eigenvalue weighted by atomic mass is 19.1. The molecule has 1 aliphatic rings. The average molecular weight is 414 g/mol. The number of hydrogen-bond donors (Lipinski definition) is 3. The van der Waals surface area contributed by atoms with Crippen LogP contribution in [0.15, 0.2) is 47.6 Å². The van der Waals surface area contributed by atoms with Gasteiger partial charge < -0.3 is 14.8 Å². The van der Waals surface area contributed by atoms with Crippen molar-refractivity contribution in [3.63, 3.8) is 0 Å². The maximum atomic E-state index is 13.8. The zero-order valence-corrected chi connectivity index (χ0v) is 17.2. The van der Waals surface area contributed by atoms with Gasteiger partial charge in [0.05, 0.1) is 13.3 Å². The van der Waals surface area contributed by atoms with E-state index in [-0.39, 0.29) is 24.4 Å². The standard InChI is InChI=1S/C22H27FN4O3/c1-3-6-17-12-21(28)26-22(25-17)27-24-13-15-9-10-19(20(11-15)29-2)30-14-16-7-4-5-8-18(16)23/h4-5,7-11,13,17,22,25,27H,3,6,12,14H2,1-2H3,(H,26,28)/b24-13+. The van der Waals surface area contributed by atoms with Crippen LogP contribution in [-0.2, 0) is 11.4 Å². The lowest BCUT2D eigenvalue weighted by atomic mass is 10.1. The monoisotopic (exact) mass is 414 g/mol. The lowest BCUT2D eigenvalue weighted by Gasteiger charge is -2.30. The summed E-state index contributed by atoms with van der Waals surface area (Å²) in [5.74, 6) is 0.714. The van der Waals surface area contributed by atoms with Gasteiger partial charge in [0, 0.05) is 18.0 Å². The molecule has 0 radical (unpaired) electrons. The number of carbonyl (C=O) groups excluding carboxylic acids is 1. The molecule has 2 unspecified atom stereocenters. The molecule has 1 saturated heterocycles. The molecular formula is C22H27FN4O3. The molecular weight excluding hydrogens is 387 g/mol. The fraction of sp³-hybridized carbons (Fsp3) is 0.364. The molecule has 3 rings (SSSR count). The Kier molecular flexibility index (Phi) is 7.62. The molecule has 2 aromatic rings. The number of nitrogens with one attached hydrogen (secondary N) is 3. The van der Waals surface area contributed by atoms with Gasteiger partial charge in [0.25, 0.3) is 0 Å². The van der Waals surface area contributed by atoms with E-state index >= 15 is 0 Å². The van der Waals surface area contributed by atoms with E-state index in [0.717, 1.165) is 18.4 Å². The second kappa shape index (κ2) is 10.6. The number of ether oxygens (including phenoxy) is 2. The lowest BCUT2D eigenvalue weighted by molar-refractivity contribution is -0.124. The highest BCUT2D eigenvalue weighted by Gasteiger charge is 2.24. The molecule has 1 aliphatic heterocycles. The first kappa shape index (κ1) is 21.6. The third-order valence-corrected chi connectivity index (χ3v) is 4.72. The van der Waals surface area contributed by atoms with Crippen LogP contribution in [0.2, 0.25) is 0 Å². The Balaban J connectivity index is 1.59. The van der Waals surface area contributed by atoms with Crippen molar-refractivity contribution in [2.75, 3.05) is 7.11 Å². The second-order valence-corrected chi connectivity index (χ2v) is 7.03. The van der Waals surface area contributed by atoms with Crippen molar-refractivity contribution in [2.45, 2.75) is 45.1 Å². The van der Waals surface area contributed by atoms with Gasteiger partial charge in [-0.3, -0.25) is 15.5 Å². The minimum Gasteiger partial charge on any atom is -0.493 e. The maximum absolute atomic E-state index is 13.8. The van der Waals surface area contributed by atoms with Crippen LogP contribution in [-0.4, -0.2) is 31.6 Å². The first-order chi connectivity index (χ1) is 14.6. The van der Waals surface area contributed by atoms with Crippen LogP contribution < -0.4 is 25.5 Å². The highest BCUT2D eigenvalue weighted by Crippen LogP contribution is 2.28. The molecule has 7 nitrogen and oxygen atoms in total. The van der Waals surface area contributed by atoms with Crippen molar-refractivity contribution in [3.8, 4) is 11.5 Å². The van der Waals surface area contributed by atoms with Gasteiger partial charge in [-0.2, -0.15) is 5.10 Å². The Hall–Kier alpha value is -3.13. The number of benzene rings is 2. The number of nitrogens with zero attached hydrogens (tertiary/aromatic N) is 1. The number of amides is 1. The van der Waals surface area contributed by atoms with Crippen LogP contribution in [0.1, 0.15) is 37.3 Å². The molecule has 1 amide bonds. The normalized spacial score (nSPS) is 18.8. The van der Waals surface area contributed by atoms with Crippen LogP contribution >= 0.6 is 0 Å². The van der Waals surface area contributed by atoms with E-state index in [1.165, 1.54) is 6.07 Å². The number of hydrogen-bond acceptors (Lipinski definition) is 6. The van der Waals surface area contributed by atoms with Crippen molar-refractivity contribution in [2.24, 2.45) is 5.10 Å². The van der Waals surface area contributed by atoms with Crippen molar-refractivity contribution < 1.29 is 18.7 Å². The highest BCUT2D eigenvalue weighted by molar-refractivity contribution is 5.81.